The maximum Gasteiger partial charge on any atom is 0.118 e. The summed E-state index contributed by atoms with van der Waals surface area (Å²) in [6.45, 7) is 13.7. The Morgan fingerprint density at radius 1 is 0.421 bits per heavy atom. The van der Waals surface area contributed by atoms with Crippen molar-refractivity contribution in [2.24, 2.45) is 0 Å². The van der Waals surface area contributed by atoms with Gasteiger partial charge >= 0.3 is 0 Å². The molecule has 0 aliphatic rings. The molecule has 0 radical (unpaired) electrons. The minimum atomic E-state index is -0.203. The van der Waals surface area contributed by atoms with Crippen molar-refractivity contribution >= 4 is 65.9 Å². The smallest absolute Gasteiger partial charge is 0.118 e. The van der Waals surface area contributed by atoms with Gasteiger partial charge in [0, 0.05) is 67.4 Å². The molecular formula is C50H46N6S. The molecule has 5 heterocycles. The summed E-state index contributed by atoms with van der Waals surface area (Å²) in [7, 11) is 0. The Morgan fingerprint density at radius 3 is 1.18 bits per heavy atom. The topological polar surface area (TPSA) is 42.1 Å². The third kappa shape index (κ3) is 6.68. The molecule has 5 aromatic heterocycles. The normalized spacial score (nSPS) is 12.0. The second-order valence-corrected chi connectivity index (χ2v) is 17.5. The van der Waals surface area contributed by atoms with Crippen LogP contribution in [-0.2, 0) is 11.1 Å². The van der Waals surface area contributed by atoms with Gasteiger partial charge in [0.2, 0.25) is 0 Å². The predicted octanol–water partition coefficient (Wildman–Crippen LogP) is 14.2. The minimum absolute atomic E-state index is 0.203. The van der Waals surface area contributed by atoms with Crippen LogP contribution in [0.25, 0.3) is 42.7 Å². The van der Waals surface area contributed by atoms with E-state index in [0.717, 1.165) is 34.4 Å². The summed E-state index contributed by atoms with van der Waals surface area (Å²) in [6.07, 6.45) is 7.50. The van der Waals surface area contributed by atoms with E-state index in [-0.39, 0.29) is 11.1 Å². The van der Waals surface area contributed by atoms with Gasteiger partial charge in [-0.3, -0.25) is 19.8 Å². The SMILES string of the molecule is CC(C)(C)n1c(-c2ccccc2)ccc1N(c1ccncc1)c1ccc2sc3ccc(N(c4ccncc4)c4ccc(-c5ccccc5)n4C(C)(C)C)cc3c2c1. The molecule has 0 saturated heterocycles. The zero-order valence-electron chi connectivity index (χ0n) is 33.3. The maximum atomic E-state index is 4.40. The fraction of sp³-hybridized carbons (Fsp3) is 0.160. The third-order valence-corrected chi connectivity index (χ3v) is 11.6. The molecule has 0 amide bonds. The average Bonchev–Trinajstić information content (AvgIpc) is 3.96. The van der Waals surface area contributed by atoms with Crippen LogP contribution in [0.1, 0.15) is 41.5 Å². The van der Waals surface area contributed by atoms with Gasteiger partial charge in [0.1, 0.15) is 11.6 Å². The number of hydrogen-bond donors (Lipinski definition) is 0. The molecule has 0 aliphatic carbocycles. The van der Waals surface area contributed by atoms with Gasteiger partial charge in [-0.25, -0.2) is 0 Å². The monoisotopic (exact) mass is 762 g/mol. The molecular weight excluding hydrogens is 717 g/mol. The van der Waals surface area contributed by atoms with Gasteiger partial charge in [0.15, 0.2) is 0 Å². The lowest BCUT2D eigenvalue weighted by atomic mass is 10.1. The van der Waals surface area contributed by atoms with Crippen LogP contribution in [0.5, 0.6) is 0 Å². The lowest BCUT2D eigenvalue weighted by Crippen LogP contribution is -2.27. The second kappa shape index (κ2) is 14.3. The largest absolute Gasteiger partial charge is 0.322 e. The number of fused-ring (bicyclic) bond motifs is 3. The molecule has 0 unspecified atom stereocenters. The van der Waals surface area contributed by atoms with Crippen LogP contribution in [0.15, 0.2) is 170 Å². The van der Waals surface area contributed by atoms with Gasteiger partial charge in [0.05, 0.1) is 22.8 Å². The van der Waals surface area contributed by atoms with Crippen molar-refractivity contribution in [1.29, 1.82) is 0 Å². The first kappa shape index (κ1) is 36.2. The van der Waals surface area contributed by atoms with Crippen molar-refractivity contribution in [2.45, 2.75) is 52.6 Å². The number of benzene rings is 4. The molecule has 7 heteroatoms. The first-order valence-electron chi connectivity index (χ1n) is 19.5. The highest BCUT2D eigenvalue weighted by molar-refractivity contribution is 7.25. The number of nitrogens with zero attached hydrogens (tertiary/aromatic N) is 6. The van der Waals surface area contributed by atoms with Crippen LogP contribution in [0.4, 0.5) is 34.4 Å². The molecule has 0 bridgehead atoms. The van der Waals surface area contributed by atoms with Gasteiger partial charge in [0.25, 0.3) is 0 Å². The number of anilines is 6. The predicted molar refractivity (Wildman–Crippen MR) is 241 cm³/mol. The van der Waals surface area contributed by atoms with Crippen molar-refractivity contribution < 1.29 is 0 Å². The fourth-order valence-corrected chi connectivity index (χ4v) is 9.19. The van der Waals surface area contributed by atoms with Crippen LogP contribution in [0, 0.1) is 0 Å². The summed E-state index contributed by atoms with van der Waals surface area (Å²) in [5, 5.41) is 2.44. The Labute approximate surface area is 338 Å². The molecule has 0 spiro atoms. The number of hydrogen-bond acceptors (Lipinski definition) is 5. The fourth-order valence-electron chi connectivity index (χ4n) is 8.12. The Kier molecular flexibility index (Phi) is 9.05. The average molecular weight is 763 g/mol. The van der Waals surface area contributed by atoms with Crippen LogP contribution in [0.2, 0.25) is 0 Å². The second-order valence-electron chi connectivity index (χ2n) is 16.4. The van der Waals surface area contributed by atoms with Crippen LogP contribution in [0.3, 0.4) is 0 Å². The van der Waals surface area contributed by atoms with E-state index < -0.39 is 0 Å². The molecule has 4 aromatic carbocycles. The number of rotatable bonds is 8. The van der Waals surface area contributed by atoms with Crippen LogP contribution < -0.4 is 9.80 Å². The summed E-state index contributed by atoms with van der Waals surface area (Å²) in [4.78, 5) is 13.5. The standard InChI is InChI=1S/C50H46N6S/c1-49(2,3)55-43(35-13-9-7-10-14-35)19-23-47(55)53(37-25-29-51-30-26-37)39-17-21-45-41(33-39)42-34-40(18-22-46(42)57-45)54(38-27-31-52-32-28-38)48-24-20-44(56(48)50(4,5)6)36-15-11-8-12-16-36/h7-34H,1-6H3. The lowest BCUT2D eigenvalue weighted by molar-refractivity contribution is 0.405. The molecule has 0 saturated carbocycles. The first-order valence-corrected chi connectivity index (χ1v) is 20.3. The van der Waals surface area contributed by atoms with E-state index in [1.807, 2.05) is 36.1 Å². The van der Waals surface area contributed by atoms with Crippen molar-refractivity contribution in [3.63, 3.8) is 0 Å². The van der Waals surface area contributed by atoms with Crippen molar-refractivity contribution in [1.82, 2.24) is 19.1 Å². The Bertz CT molecular complexity index is 2610. The Balaban J connectivity index is 1.24. The van der Waals surface area contributed by atoms with Crippen molar-refractivity contribution in [3.8, 4) is 22.5 Å². The van der Waals surface area contributed by atoms with Crippen LogP contribution in [-0.4, -0.2) is 19.1 Å². The van der Waals surface area contributed by atoms with Crippen LogP contribution >= 0.6 is 11.3 Å². The Morgan fingerprint density at radius 2 is 0.807 bits per heavy atom. The minimum Gasteiger partial charge on any atom is -0.322 e. The van der Waals surface area contributed by atoms with E-state index in [0.29, 0.717) is 0 Å². The Hall–Kier alpha value is -6.44. The lowest BCUT2D eigenvalue weighted by Gasteiger charge is -2.33. The highest BCUT2D eigenvalue weighted by Gasteiger charge is 2.28. The van der Waals surface area contributed by atoms with Gasteiger partial charge < -0.3 is 9.13 Å². The number of aromatic nitrogens is 4. The molecule has 0 aliphatic heterocycles. The molecule has 9 rings (SSSR count). The number of pyridine rings is 2. The van der Waals surface area contributed by atoms with Gasteiger partial charge in [-0.1, -0.05) is 60.7 Å². The third-order valence-electron chi connectivity index (χ3n) is 10.5. The van der Waals surface area contributed by atoms with Gasteiger partial charge in [-0.05, 0) is 138 Å². The van der Waals surface area contributed by atoms with E-state index >= 15 is 0 Å². The van der Waals surface area contributed by atoms with Crippen molar-refractivity contribution in [3.05, 3.63) is 170 Å². The zero-order chi connectivity index (χ0) is 39.3. The van der Waals surface area contributed by atoms with E-state index in [1.165, 1.54) is 42.7 Å². The molecule has 282 valence electrons. The first-order chi connectivity index (χ1) is 27.6. The molecule has 0 N–H and O–H groups in total. The molecule has 6 nitrogen and oxygen atoms in total. The van der Waals surface area contributed by atoms with E-state index in [9.17, 15) is 0 Å². The quantitative estimate of drug-likeness (QED) is 0.155. The molecule has 9 aromatic rings. The zero-order valence-corrected chi connectivity index (χ0v) is 34.1. The molecule has 57 heavy (non-hydrogen) atoms. The van der Waals surface area contributed by atoms with E-state index in [1.54, 1.807) is 0 Å². The number of thiophene rings is 1. The van der Waals surface area contributed by atoms with Gasteiger partial charge in [-0.15, -0.1) is 11.3 Å². The highest BCUT2D eigenvalue weighted by Crippen LogP contribution is 2.46. The summed E-state index contributed by atoms with van der Waals surface area (Å²) >= 11 is 1.84. The van der Waals surface area contributed by atoms with Gasteiger partial charge in [-0.2, -0.15) is 0 Å². The summed E-state index contributed by atoms with van der Waals surface area (Å²) in [6, 6.07) is 52.5. The molecule has 0 atom stereocenters. The van der Waals surface area contributed by atoms with Crippen molar-refractivity contribution in [2.75, 3.05) is 9.80 Å². The summed E-state index contributed by atoms with van der Waals surface area (Å²) in [5.41, 5.74) is 8.59. The van der Waals surface area contributed by atoms with E-state index in [2.05, 4.69) is 216 Å². The maximum absolute atomic E-state index is 4.40. The van der Waals surface area contributed by atoms with E-state index in [4.69, 9.17) is 0 Å². The summed E-state index contributed by atoms with van der Waals surface area (Å²) < 4.78 is 7.41. The summed E-state index contributed by atoms with van der Waals surface area (Å²) in [5.74, 6) is 2.18. The molecule has 0 fully saturated rings. The highest BCUT2D eigenvalue weighted by atomic mass is 32.1.